The van der Waals surface area contributed by atoms with Gasteiger partial charge >= 0.3 is 0 Å². The van der Waals surface area contributed by atoms with E-state index < -0.39 is 6.04 Å². The molecule has 0 saturated carbocycles. The summed E-state index contributed by atoms with van der Waals surface area (Å²) in [6, 6.07) is 22.6. The van der Waals surface area contributed by atoms with Gasteiger partial charge in [-0.3, -0.25) is 0 Å². The highest BCUT2D eigenvalue weighted by molar-refractivity contribution is 6.30. The molecule has 0 radical (unpaired) electrons. The molecule has 134 valence electrons. The molecule has 0 bridgehead atoms. The molecule has 27 heavy (non-hydrogen) atoms. The summed E-state index contributed by atoms with van der Waals surface area (Å²) in [7, 11) is 0. The molecule has 0 spiro atoms. The predicted octanol–water partition coefficient (Wildman–Crippen LogP) is 5.73. The summed E-state index contributed by atoms with van der Waals surface area (Å²) >= 11 is 5.96. The van der Waals surface area contributed by atoms with Gasteiger partial charge in [0.05, 0.1) is 0 Å². The molecular formula is C21H15ClFN3O. The monoisotopic (exact) mass is 379 g/mol. The molecule has 1 N–H and O–H groups in total. The van der Waals surface area contributed by atoms with Gasteiger partial charge in [0.2, 0.25) is 11.8 Å². The normalized spacial score (nSPS) is 11.9. The van der Waals surface area contributed by atoms with Crippen LogP contribution in [0.25, 0.3) is 11.5 Å². The molecule has 0 fully saturated rings. The van der Waals surface area contributed by atoms with E-state index in [0.29, 0.717) is 16.8 Å². The highest BCUT2D eigenvalue weighted by Gasteiger charge is 2.21. The number of anilines is 1. The van der Waals surface area contributed by atoms with Crippen molar-refractivity contribution in [3.63, 3.8) is 0 Å². The zero-order valence-corrected chi connectivity index (χ0v) is 14.9. The van der Waals surface area contributed by atoms with Crippen LogP contribution in [0, 0.1) is 5.82 Å². The fraction of sp³-hybridized carbons (Fsp3) is 0.0476. The molecule has 1 heterocycles. The van der Waals surface area contributed by atoms with Gasteiger partial charge in [-0.15, -0.1) is 10.2 Å². The number of nitrogens with one attached hydrogen (secondary N) is 1. The third-order valence-electron chi connectivity index (χ3n) is 4.07. The largest absolute Gasteiger partial charge is 0.418 e. The Balaban J connectivity index is 1.70. The van der Waals surface area contributed by atoms with Crippen molar-refractivity contribution >= 4 is 17.3 Å². The van der Waals surface area contributed by atoms with Crippen LogP contribution in [0.1, 0.15) is 17.5 Å². The number of nitrogens with zero attached hydrogens (tertiary/aromatic N) is 2. The fourth-order valence-corrected chi connectivity index (χ4v) is 2.83. The second-order valence-electron chi connectivity index (χ2n) is 5.95. The van der Waals surface area contributed by atoms with Gasteiger partial charge in [-0.05, 0) is 54.1 Å². The number of halogens is 2. The van der Waals surface area contributed by atoms with Crippen molar-refractivity contribution in [2.24, 2.45) is 0 Å². The van der Waals surface area contributed by atoms with E-state index in [4.69, 9.17) is 16.0 Å². The minimum atomic E-state index is -0.434. The molecule has 0 aliphatic carbocycles. The summed E-state index contributed by atoms with van der Waals surface area (Å²) in [5.41, 5.74) is 2.46. The molecule has 0 aliphatic heterocycles. The van der Waals surface area contributed by atoms with Crippen LogP contribution in [0.15, 0.2) is 83.3 Å². The Kier molecular flexibility index (Phi) is 4.85. The van der Waals surface area contributed by atoms with E-state index in [1.807, 2.05) is 42.5 Å². The first-order valence-electron chi connectivity index (χ1n) is 8.35. The van der Waals surface area contributed by atoms with E-state index >= 15 is 0 Å². The predicted molar refractivity (Wildman–Crippen MR) is 103 cm³/mol. The maximum absolute atomic E-state index is 13.4. The lowest BCUT2D eigenvalue weighted by Gasteiger charge is -2.17. The van der Waals surface area contributed by atoms with Gasteiger partial charge in [-0.2, -0.15) is 0 Å². The summed E-state index contributed by atoms with van der Waals surface area (Å²) in [6.45, 7) is 0. The maximum atomic E-state index is 13.4. The zero-order valence-electron chi connectivity index (χ0n) is 14.1. The van der Waals surface area contributed by atoms with Gasteiger partial charge in [0.1, 0.15) is 11.9 Å². The van der Waals surface area contributed by atoms with E-state index in [9.17, 15) is 4.39 Å². The SMILES string of the molecule is Fc1ccc([C@H](Nc2ccc(Cl)cc2)c2nnc(-c3ccccc3)o2)cc1. The first-order valence-corrected chi connectivity index (χ1v) is 8.73. The van der Waals surface area contributed by atoms with Gasteiger partial charge in [0.25, 0.3) is 0 Å². The van der Waals surface area contributed by atoms with Gasteiger partial charge in [0.15, 0.2) is 0 Å². The van der Waals surface area contributed by atoms with Crippen molar-refractivity contribution in [1.29, 1.82) is 0 Å². The van der Waals surface area contributed by atoms with Gasteiger partial charge in [0, 0.05) is 16.3 Å². The topological polar surface area (TPSA) is 51.0 Å². The molecular weight excluding hydrogens is 365 g/mol. The second kappa shape index (κ2) is 7.60. The Labute approximate surface area is 160 Å². The van der Waals surface area contributed by atoms with Crippen LogP contribution >= 0.6 is 11.6 Å². The minimum absolute atomic E-state index is 0.306. The van der Waals surface area contributed by atoms with Crippen LogP contribution in [0.2, 0.25) is 5.02 Å². The Morgan fingerprint density at radius 1 is 0.852 bits per heavy atom. The number of hydrogen-bond acceptors (Lipinski definition) is 4. The van der Waals surface area contributed by atoms with E-state index in [2.05, 4.69) is 15.5 Å². The van der Waals surface area contributed by atoms with Gasteiger partial charge < -0.3 is 9.73 Å². The smallest absolute Gasteiger partial charge is 0.247 e. The van der Waals surface area contributed by atoms with Crippen LogP contribution in [0.4, 0.5) is 10.1 Å². The molecule has 0 aliphatic rings. The molecule has 1 atom stereocenters. The number of rotatable bonds is 5. The average molecular weight is 380 g/mol. The van der Waals surface area contributed by atoms with Crippen LogP contribution < -0.4 is 5.32 Å². The van der Waals surface area contributed by atoms with Crippen LogP contribution in [0.3, 0.4) is 0 Å². The van der Waals surface area contributed by atoms with Gasteiger partial charge in [-0.1, -0.05) is 41.9 Å². The van der Waals surface area contributed by atoms with E-state index in [0.717, 1.165) is 16.8 Å². The fourth-order valence-electron chi connectivity index (χ4n) is 2.70. The van der Waals surface area contributed by atoms with Crippen molar-refractivity contribution in [2.45, 2.75) is 6.04 Å². The Hall–Kier alpha value is -3.18. The van der Waals surface area contributed by atoms with Crippen LogP contribution in [0.5, 0.6) is 0 Å². The van der Waals surface area contributed by atoms with Crippen molar-refractivity contribution < 1.29 is 8.81 Å². The summed E-state index contributed by atoms with van der Waals surface area (Å²) in [4.78, 5) is 0. The molecule has 4 aromatic rings. The van der Waals surface area contributed by atoms with Crippen molar-refractivity contribution in [3.8, 4) is 11.5 Å². The van der Waals surface area contributed by atoms with Crippen molar-refractivity contribution in [1.82, 2.24) is 10.2 Å². The Morgan fingerprint density at radius 3 is 2.26 bits per heavy atom. The lowest BCUT2D eigenvalue weighted by Crippen LogP contribution is -2.13. The minimum Gasteiger partial charge on any atom is -0.418 e. The molecule has 3 aromatic carbocycles. The highest BCUT2D eigenvalue weighted by atomic mass is 35.5. The molecule has 4 nitrogen and oxygen atoms in total. The standard InChI is InChI=1S/C21H15ClFN3O/c22-16-8-12-18(13-9-16)24-19(14-6-10-17(23)11-7-14)21-26-25-20(27-21)15-4-2-1-3-5-15/h1-13,19,24H/t19-/m0/s1. The quantitative estimate of drug-likeness (QED) is 0.481. The van der Waals surface area contributed by atoms with E-state index in [-0.39, 0.29) is 5.82 Å². The Bertz CT molecular complexity index is 1020. The zero-order chi connectivity index (χ0) is 18.6. The molecule has 6 heteroatoms. The van der Waals surface area contributed by atoms with E-state index in [1.165, 1.54) is 12.1 Å². The van der Waals surface area contributed by atoms with Crippen molar-refractivity contribution in [2.75, 3.05) is 5.32 Å². The van der Waals surface area contributed by atoms with Crippen molar-refractivity contribution in [3.05, 3.63) is 101 Å². The maximum Gasteiger partial charge on any atom is 0.247 e. The lowest BCUT2D eigenvalue weighted by atomic mass is 10.1. The summed E-state index contributed by atoms with van der Waals surface area (Å²) in [5, 5.41) is 12.3. The highest BCUT2D eigenvalue weighted by Crippen LogP contribution is 2.29. The molecule has 0 amide bonds. The summed E-state index contributed by atoms with van der Waals surface area (Å²) in [5.74, 6) is 0.505. The van der Waals surface area contributed by atoms with Gasteiger partial charge in [-0.25, -0.2) is 4.39 Å². The average Bonchev–Trinajstić information content (AvgIpc) is 3.19. The first-order chi connectivity index (χ1) is 13.2. The third-order valence-corrected chi connectivity index (χ3v) is 4.32. The molecule has 1 aromatic heterocycles. The second-order valence-corrected chi connectivity index (χ2v) is 6.38. The number of benzene rings is 3. The lowest BCUT2D eigenvalue weighted by molar-refractivity contribution is 0.494. The Morgan fingerprint density at radius 2 is 1.56 bits per heavy atom. The van der Waals surface area contributed by atoms with Crippen LogP contribution in [-0.2, 0) is 0 Å². The molecule has 0 unspecified atom stereocenters. The summed E-state index contributed by atoms with van der Waals surface area (Å²) < 4.78 is 19.3. The van der Waals surface area contributed by atoms with E-state index in [1.54, 1.807) is 24.3 Å². The summed E-state index contributed by atoms with van der Waals surface area (Å²) in [6.07, 6.45) is 0. The number of aromatic nitrogens is 2. The first kappa shape index (κ1) is 17.2. The molecule has 0 saturated heterocycles. The third kappa shape index (κ3) is 3.99. The van der Waals surface area contributed by atoms with Crippen LogP contribution in [-0.4, -0.2) is 10.2 Å². The molecule has 4 rings (SSSR count). The number of hydrogen-bond donors (Lipinski definition) is 1.